The van der Waals surface area contributed by atoms with Gasteiger partial charge in [-0.3, -0.25) is 88.4 Å². The van der Waals surface area contributed by atoms with Crippen molar-refractivity contribution in [2.45, 2.75) is 141 Å². The number of ether oxygens (including phenoxy) is 5. The molecule has 6 unspecified atom stereocenters. The lowest BCUT2D eigenvalue weighted by Crippen LogP contribution is -2.45. The zero-order chi connectivity index (χ0) is 96.2. The van der Waals surface area contributed by atoms with Crippen LogP contribution in [0.1, 0.15) is 34.8 Å². The molecule has 11 saturated heterocycles. The molecule has 0 amide bonds. The van der Waals surface area contributed by atoms with Gasteiger partial charge in [0.1, 0.15) is 98.8 Å². The second-order valence-corrected chi connectivity index (χ2v) is 53.2. The number of thiol groups is 1. The fourth-order valence-electron chi connectivity index (χ4n) is 17.5. The molecule has 0 spiro atoms. The highest BCUT2D eigenvalue weighted by Gasteiger charge is 2.68. The van der Waals surface area contributed by atoms with Crippen molar-refractivity contribution in [1.82, 2.24) is 102 Å². The number of fused-ring (bicyclic) bond motifs is 13. The van der Waals surface area contributed by atoms with Crippen molar-refractivity contribution in [1.29, 1.82) is 0 Å². The predicted molar refractivity (Wildman–Crippen MR) is 501 cm³/mol. The molecule has 12 aromatic rings. The molecule has 23 N–H and O–H groups in total. The van der Waals surface area contributed by atoms with Crippen molar-refractivity contribution < 1.29 is 127 Å². The number of imidazole rings is 6. The number of H-pyrrole nitrogens is 3. The van der Waals surface area contributed by atoms with Crippen LogP contribution in [0, 0.1) is 0 Å². The number of nitrogen functional groups attached to an aromatic ring is 6. The third-order valence-electron chi connectivity index (χ3n) is 23.7. The van der Waals surface area contributed by atoms with Gasteiger partial charge in [0.15, 0.2) is 75.3 Å². The minimum Gasteiger partial charge on any atom is -0.397 e. The normalized spacial score (nSPS) is 39.0. The molecule has 11 fully saturated rings. The maximum absolute atomic E-state index is 16.0. The van der Waals surface area contributed by atoms with E-state index in [-0.39, 0.29) is 83.4 Å². The minimum atomic E-state index is -4.32. The second kappa shape index (κ2) is 36.1. The van der Waals surface area contributed by atoms with Crippen molar-refractivity contribution in [3.63, 3.8) is 0 Å². The van der Waals surface area contributed by atoms with E-state index in [1.807, 2.05) is 0 Å². The van der Waals surface area contributed by atoms with Gasteiger partial charge in [0.25, 0.3) is 16.7 Å². The van der Waals surface area contributed by atoms with E-state index < -0.39 is 225 Å². The van der Waals surface area contributed by atoms with Crippen molar-refractivity contribution >= 4 is 249 Å². The first-order valence-electron chi connectivity index (χ1n) is 40.2. The number of aromatic amines is 3. The summed E-state index contributed by atoms with van der Waals surface area (Å²) in [6.45, 7) is -27.5. The number of rotatable bonds is 6. The molecule has 0 aliphatic carbocycles. The first kappa shape index (κ1) is 96.6. The number of hydrogen-bond acceptors (Lipinski definition) is 50. The van der Waals surface area contributed by atoms with Gasteiger partial charge in [-0.1, -0.05) is 12.2 Å². The van der Waals surface area contributed by atoms with Crippen LogP contribution in [0.4, 0.5) is 39.3 Å². The fourth-order valence-corrected chi connectivity index (χ4v) is 31.2. The van der Waals surface area contributed by atoms with Crippen molar-refractivity contribution in [2.75, 3.05) is 87.3 Å². The Hall–Kier alpha value is -6.48. The molecule has 734 valence electrons. The summed E-state index contributed by atoms with van der Waals surface area (Å²) >= 11 is 34.3. The Morgan fingerprint density at radius 3 is 1.10 bits per heavy atom. The lowest BCUT2D eigenvalue weighted by atomic mass is 10.0. The Morgan fingerprint density at radius 1 is 0.409 bits per heavy atom. The van der Waals surface area contributed by atoms with Gasteiger partial charge in [0, 0.05) is 18.6 Å². The standard InChI is InChI=1S/2C22H25N9O10P2S3.C21H24FN9O9P2S3/c2*23-8-1-2-25-16-10(8)26-6-30(16)19-14-15-22(39-19,4-36-14)5-38-43(35,45)40-13-12(32)9(3-37-42(34,44)41-15)46-20(13)31-7-27-11-17(31)28-21(24)29-18(11)33;22-10-14-8(38-19(10)30-5-26-11-7(23)1-2-25-16(11)30)3-36-41(34,43)40-15-13(32)9(4-37-42(35,44)39-14)45-20(15)31-6-27-12-17(31)28-21(24)29-18(12)33/h2*1-2,6-7,9,12-15,19-20,32H,3-5H2,(H2,23,25)(H,34,44)(H,35,45)(H3,24,28,29,33);1-2,5-6,8-10,13-15,19-20,32H,3-4H2,(H2,23,25)(H,34,43)(H,35,44)(H3,24,28,29,33)/t2*9-,12-,13-,14-,15+,19-,20-,22-,42?,43?;8-,9-,10+,13-,14-,15-,19-,20-,41?,42?/m111/s1. The largest absolute Gasteiger partial charge is 0.397 e. The number of nitrogens with two attached hydrogens (primary N) is 6. The third-order valence-corrected chi connectivity index (χ3v) is 37.6. The van der Waals surface area contributed by atoms with E-state index in [1.165, 1.54) is 80.9 Å². The number of thioether (sulfide) groups is 3. The molecule has 56 nitrogen and oxygen atoms in total. The molecule has 12 aromatic heterocycles. The number of aliphatic hydroxyl groups excluding tert-OH is 3. The molecule has 0 saturated carbocycles. The Morgan fingerprint density at radius 2 is 0.730 bits per heavy atom. The van der Waals surface area contributed by atoms with Crippen LogP contribution < -0.4 is 51.1 Å². The molecule has 30 atom stereocenters. The fraction of sp³-hybridized carbons (Fsp3) is 0.492. The van der Waals surface area contributed by atoms with Crippen molar-refractivity contribution in [3.05, 3.63) is 106 Å². The van der Waals surface area contributed by atoms with Crippen LogP contribution >= 0.6 is 87.9 Å². The molecule has 11 aliphatic heterocycles. The van der Waals surface area contributed by atoms with Crippen LogP contribution in [0.3, 0.4) is 0 Å². The van der Waals surface area contributed by atoms with Crippen LogP contribution in [0.25, 0.3) is 67.0 Å². The summed E-state index contributed by atoms with van der Waals surface area (Å²) in [4.78, 5) is 151. The summed E-state index contributed by atoms with van der Waals surface area (Å²) in [6, 6.07) is 4.76. The van der Waals surface area contributed by atoms with Gasteiger partial charge in [-0.2, -0.15) is 15.0 Å². The third kappa shape index (κ3) is 17.8. The molecule has 137 heavy (non-hydrogen) atoms. The number of alkyl halides is 1. The van der Waals surface area contributed by atoms with Gasteiger partial charge in [-0.15, -0.1) is 35.3 Å². The topological polar surface area (TPSA) is 775 Å². The molecule has 23 heterocycles. The molecule has 10 bridgehead atoms. The summed E-state index contributed by atoms with van der Waals surface area (Å²) in [5.74, 6) is -0.487. The monoisotopic (exact) mass is 2190 g/mol. The number of anilines is 6. The van der Waals surface area contributed by atoms with Gasteiger partial charge in [0.2, 0.25) is 17.8 Å². The first-order chi connectivity index (χ1) is 65.0. The second-order valence-electron chi connectivity index (χ2n) is 32.2. The summed E-state index contributed by atoms with van der Waals surface area (Å²) in [7, 11) is 0. The maximum Gasteiger partial charge on any atom is 0.386 e. The Balaban J connectivity index is 0.000000123. The van der Waals surface area contributed by atoms with Crippen LogP contribution in [-0.2, 0) is 142 Å². The Labute approximate surface area is 806 Å². The highest BCUT2D eigenvalue weighted by atomic mass is 32.7. The molecule has 23 rings (SSSR count). The zero-order valence-corrected chi connectivity index (χ0v) is 81.5. The SMILES string of the molecule is Nc1nc2c(ncn2[C@@H]2S[C@@H]3COP(=O)(S)O[C@H]4[C@H](F)[C@H](n5cnc6c(N)ccnc65)O[C@@H]4COP(O)(=S)O[C@@H]2[C@@H]3O)c(=O)[nH]1.Nc1nc2c(ncn2[C@@H]2S[C@@H]3COP(O)(=S)O[C@H]4[C@H]5OC[C@]4(COP(O)(=S)O[C@@H]2[C@@H]3O)O[C@H]5n2cnc3c(N)ccnc32)c(=O)[nH]1.Nc1nc2c(ncn2[C@@H]2S[C@@H]3COP(O)(=S)O[C@H]4[C@H]5OC[C@]4(COP(O)(=S)O[C@@H]2[C@@H]3O)O[C@H]5n2cnc3c(N)ccnc32)c(=O)[nH]1. The number of hydrogen-bond donors (Lipinski definition) is 18. The smallest absolute Gasteiger partial charge is 0.386 e. The first-order valence-corrected chi connectivity index (χ1v) is 58.7. The van der Waals surface area contributed by atoms with Crippen LogP contribution in [0.5, 0.6) is 0 Å². The average molecular weight is 2190 g/mol. The van der Waals surface area contributed by atoms with E-state index in [0.717, 1.165) is 35.3 Å². The minimum absolute atomic E-state index is 0.00601. The van der Waals surface area contributed by atoms with E-state index in [4.69, 9.17) is 171 Å². The molecule has 0 radical (unpaired) electrons. The molecular weight excluding hydrogens is 2120 g/mol. The molecule has 72 heteroatoms. The highest BCUT2D eigenvalue weighted by Crippen LogP contribution is 2.65. The van der Waals surface area contributed by atoms with Gasteiger partial charge < -0.3 is 120 Å². The molecular formula is C65H74FN27O29P6S9. The maximum atomic E-state index is 16.0. The predicted octanol–water partition coefficient (Wildman–Crippen LogP) is 0.253. The van der Waals surface area contributed by atoms with Gasteiger partial charge in [-0.25, -0.2) is 53.8 Å². The number of nitrogens with zero attached hydrogens (tertiary/aromatic N) is 18. The summed E-state index contributed by atoms with van der Waals surface area (Å²) in [5, 5.41) is 28.9. The van der Waals surface area contributed by atoms with Gasteiger partial charge in [-0.05, 0) is 77.2 Å². The van der Waals surface area contributed by atoms with Crippen molar-refractivity contribution in [2.24, 2.45) is 0 Å². The van der Waals surface area contributed by atoms with E-state index >= 15 is 4.39 Å². The van der Waals surface area contributed by atoms with Gasteiger partial charge in [0.05, 0.1) is 142 Å². The van der Waals surface area contributed by atoms with Crippen LogP contribution in [-0.4, -0.2) is 301 Å². The van der Waals surface area contributed by atoms with E-state index in [2.05, 4.69) is 87.0 Å². The molecule has 11 aliphatic rings. The number of halogens is 1. The Kier molecular flexibility index (Phi) is 25.4. The highest BCUT2D eigenvalue weighted by molar-refractivity contribution is 8.44. The number of aliphatic hydroxyl groups is 3. The summed E-state index contributed by atoms with van der Waals surface area (Å²) in [5.41, 5.74) is 34.4. The zero-order valence-electron chi connectivity index (χ0n) is 68.7. The summed E-state index contributed by atoms with van der Waals surface area (Å²) in [6.07, 6.45) is -6.89. The van der Waals surface area contributed by atoms with E-state index in [9.17, 15) is 58.7 Å². The van der Waals surface area contributed by atoms with Crippen molar-refractivity contribution in [3.8, 4) is 0 Å². The quantitative estimate of drug-likeness (QED) is 0.0784. The van der Waals surface area contributed by atoms with Crippen LogP contribution in [0.2, 0.25) is 0 Å². The number of nitrogens with one attached hydrogen (secondary N) is 3. The number of pyridine rings is 3. The summed E-state index contributed by atoms with van der Waals surface area (Å²) < 4.78 is 139. The van der Waals surface area contributed by atoms with Gasteiger partial charge >= 0.3 is 40.4 Å². The molecule has 0 aromatic carbocycles. The van der Waals surface area contributed by atoms with Crippen LogP contribution in [0.15, 0.2) is 89.1 Å². The van der Waals surface area contributed by atoms with E-state index in [0.29, 0.717) is 44.9 Å². The average Bonchev–Trinajstić information content (AvgIpc) is 1.56. The lowest BCUT2D eigenvalue weighted by Gasteiger charge is -2.33. The number of aromatic nitrogens is 21. The van der Waals surface area contributed by atoms with E-state index in [1.54, 1.807) is 21.3 Å². The lowest BCUT2D eigenvalue weighted by molar-refractivity contribution is -0.183. The Bertz CT molecular complexity index is 7060.